The molecular weight excluding hydrogens is 640 g/mol. The maximum absolute atomic E-state index is 14.5. The molecule has 1 aliphatic rings. The van der Waals surface area contributed by atoms with Crippen LogP contribution in [0.25, 0.3) is 11.1 Å². The highest BCUT2D eigenvalue weighted by atomic mass is 32.2. The van der Waals surface area contributed by atoms with E-state index in [1.165, 1.54) is 16.7 Å². The minimum absolute atomic E-state index is 0.0333. The van der Waals surface area contributed by atoms with Crippen molar-refractivity contribution in [2.24, 2.45) is 0 Å². The molecule has 7 rings (SSSR count). The van der Waals surface area contributed by atoms with E-state index >= 15 is 0 Å². The van der Waals surface area contributed by atoms with Crippen LogP contribution in [-0.4, -0.2) is 34.4 Å². The molecule has 8 heteroatoms. The van der Waals surface area contributed by atoms with E-state index in [0.717, 1.165) is 23.6 Å². The Balaban J connectivity index is 1.22. The summed E-state index contributed by atoms with van der Waals surface area (Å²) in [6, 6.07) is 42.9. The lowest BCUT2D eigenvalue weighted by molar-refractivity contribution is 0.106. The quantitative estimate of drug-likeness (QED) is 0.101. The molecule has 0 bridgehead atoms. The zero-order valence-corrected chi connectivity index (χ0v) is 27.4. The van der Waals surface area contributed by atoms with Gasteiger partial charge in [0.1, 0.15) is 5.82 Å². The number of nitrogens with zero attached hydrogens (tertiary/aromatic N) is 3. The summed E-state index contributed by atoms with van der Waals surface area (Å²) in [7, 11) is 0. The van der Waals surface area contributed by atoms with E-state index in [1.54, 1.807) is 0 Å². The number of hydrogen-bond acceptors (Lipinski definition) is 5. The topological polar surface area (TPSA) is 38.2 Å². The first-order valence-electron chi connectivity index (χ1n) is 16.2. The minimum Gasteiger partial charge on any atom is -0.375 e. The van der Waals surface area contributed by atoms with Crippen molar-refractivity contribution >= 4 is 17.7 Å². The van der Waals surface area contributed by atoms with Gasteiger partial charge >= 0.3 is 0 Å². The molecule has 2 heterocycles. The van der Waals surface area contributed by atoms with Crippen LogP contribution in [0.3, 0.4) is 0 Å². The van der Waals surface area contributed by atoms with Gasteiger partial charge in [-0.3, -0.25) is 0 Å². The fourth-order valence-corrected chi connectivity index (χ4v) is 8.43. The predicted molar refractivity (Wildman–Crippen MR) is 190 cm³/mol. The van der Waals surface area contributed by atoms with Gasteiger partial charge in [-0.25, -0.2) is 23.1 Å². The standard InChI is InChI=1S/C41H34F3N3OS/c42-37-23-39(44)38(43)21-30(37)27-48-28-35-22-36(26-47(35)40-45-24-31(25-46-40)29-13-5-1-6-14-29)49-41(32-15-7-2-8-16-32,33-17-9-3-10-18-33)34-19-11-4-12-20-34/h1-21,23-25,35-36H,22,26-28H2/t35-,36+/m0/s1. The normalized spacial score (nSPS) is 16.2. The number of benzene rings is 5. The molecular formula is C41H34F3N3OS. The van der Waals surface area contributed by atoms with Gasteiger partial charge in [-0.05, 0) is 34.7 Å². The number of thioether (sulfide) groups is 1. The summed E-state index contributed by atoms with van der Waals surface area (Å²) in [4.78, 5) is 11.7. The highest BCUT2D eigenvalue weighted by Gasteiger charge is 2.43. The first-order valence-corrected chi connectivity index (χ1v) is 17.1. The smallest absolute Gasteiger partial charge is 0.225 e. The second-order valence-corrected chi connectivity index (χ2v) is 13.6. The lowest BCUT2D eigenvalue weighted by atomic mass is 9.84. The molecule has 1 aromatic heterocycles. The Bertz CT molecular complexity index is 1870. The summed E-state index contributed by atoms with van der Waals surface area (Å²) >= 11 is 1.89. The Morgan fingerprint density at radius 2 is 1.16 bits per heavy atom. The van der Waals surface area contributed by atoms with Crippen LogP contribution in [0.2, 0.25) is 0 Å². The Labute approximate surface area is 288 Å². The summed E-state index contributed by atoms with van der Waals surface area (Å²) in [6.07, 6.45) is 4.38. The van der Waals surface area contributed by atoms with E-state index in [2.05, 4.69) is 77.7 Å². The molecule has 246 valence electrons. The molecule has 1 aliphatic heterocycles. The van der Waals surface area contributed by atoms with Crippen molar-refractivity contribution in [1.29, 1.82) is 0 Å². The number of hydrogen-bond donors (Lipinski definition) is 0. The van der Waals surface area contributed by atoms with Crippen LogP contribution in [0.5, 0.6) is 0 Å². The van der Waals surface area contributed by atoms with Gasteiger partial charge in [-0.1, -0.05) is 121 Å². The highest BCUT2D eigenvalue weighted by molar-refractivity contribution is 8.01. The molecule has 1 fully saturated rings. The summed E-state index contributed by atoms with van der Waals surface area (Å²) in [5.74, 6) is -2.60. The van der Waals surface area contributed by atoms with E-state index in [4.69, 9.17) is 14.7 Å². The molecule has 0 aliphatic carbocycles. The first kappa shape index (κ1) is 32.6. The third-order valence-corrected chi connectivity index (χ3v) is 10.7. The predicted octanol–water partition coefficient (Wildman–Crippen LogP) is 9.45. The van der Waals surface area contributed by atoms with Gasteiger partial charge in [0.2, 0.25) is 5.95 Å². The Morgan fingerprint density at radius 1 is 0.653 bits per heavy atom. The maximum Gasteiger partial charge on any atom is 0.225 e. The van der Waals surface area contributed by atoms with Crippen LogP contribution < -0.4 is 4.90 Å². The van der Waals surface area contributed by atoms with E-state index in [9.17, 15) is 13.2 Å². The van der Waals surface area contributed by atoms with Crippen molar-refractivity contribution < 1.29 is 17.9 Å². The fraction of sp³-hybridized carbons (Fsp3) is 0.171. The van der Waals surface area contributed by atoms with Gasteiger partial charge in [-0.15, -0.1) is 11.8 Å². The van der Waals surface area contributed by atoms with Crippen molar-refractivity contribution in [3.05, 3.63) is 186 Å². The maximum atomic E-state index is 14.5. The summed E-state index contributed by atoms with van der Waals surface area (Å²) in [6.45, 7) is 0.659. The van der Waals surface area contributed by atoms with Gasteiger partial charge in [0.15, 0.2) is 11.6 Å². The Morgan fingerprint density at radius 3 is 1.71 bits per heavy atom. The number of ether oxygens (including phenoxy) is 1. The molecule has 5 aromatic carbocycles. The first-order chi connectivity index (χ1) is 24.0. The fourth-order valence-electron chi connectivity index (χ4n) is 6.56. The van der Waals surface area contributed by atoms with Gasteiger partial charge in [0.25, 0.3) is 0 Å². The largest absolute Gasteiger partial charge is 0.375 e. The van der Waals surface area contributed by atoms with Crippen LogP contribution >= 0.6 is 11.8 Å². The van der Waals surface area contributed by atoms with Crippen LogP contribution in [0.1, 0.15) is 28.7 Å². The molecule has 0 amide bonds. The number of rotatable bonds is 11. The second-order valence-electron chi connectivity index (χ2n) is 12.1. The van der Waals surface area contributed by atoms with E-state index in [-0.39, 0.29) is 30.1 Å². The highest BCUT2D eigenvalue weighted by Crippen LogP contribution is 2.52. The molecule has 49 heavy (non-hydrogen) atoms. The molecule has 1 saturated heterocycles. The molecule has 0 radical (unpaired) electrons. The van der Waals surface area contributed by atoms with Crippen molar-refractivity contribution in [2.45, 2.75) is 29.1 Å². The summed E-state index contributed by atoms with van der Waals surface area (Å²) in [5.41, 5.74) is 5.40. The average Bonchev–Trinajstić information content (AvgIpc) is 3.56. The third kappa shape index (κ3) is 6.98. The zero-order chi connectivity index (χ0) is 33.6. The molecule has 4 nitrogen and oxygen atoms in total. The van der Waals surface area contributed by atoms with E-state index in [0.29, 0.717) is 18.6 Å². The van der Waals surface area contributed by atoms with Crippen molar-refractivity contribution in [3.8, 4) is 11.1 Å². The molecule has 0 unspecified atom stereocenters. The molecule has 0 spiro atoms. The van der Waals surface area contributed by atoms with Gasteiger partial charge < -0.3 is 9.64 Å². The van der Waals surface area contributed by atoms with E-state index < -0.39 is 22.2 Å². The van der Waals surface area contributed by atoms with Crippen molar-refractivity contribution in [1.82, 2.24) is 9.97 Å². The average molecular weight is 674 g/mol. The van der Waals surface area contributed by atoms with Crippen LogP contribution in [0, 0.1) is 17.5 Å². The Kier molecular flexibility index (Phi) is 9.77. The number of anilines is 1. The molecule has 2 atom stereocenters. The summed E-state index contributed by atoms with van der Waals surface area (Å²) in [5, 5.41) is 0.103. The van der Waals surface area contributed by atoms with Crippen LogP contribution in [-0.2, 0) is 16.1 Å². The lowest BCUT2D eigenvalue weighted by Gasteiger charge is -2.37. The number of halogens is 3. The molecule has 6 aromatic rings. The number of aromatic nitrogens is 2. The van der Waals surface area contributed by atoms with Gasteiger partial charge in [0, 0.05) is 41.4 Å². The Hall–Kier alpha value is -4.92. The van der Waals surface area contributed by atoms with Crippen LogP contribution in [0.4, 0.5) is 19.1 Å². The van der Waals surface area contributed by atoms with Gasteiger partial charge in [-0.2, -0.15) is 0 Å². The third-order valence-electron chi connectivity index (χ3n) is 8.92. The van der Waals surface area contributed by atoms with Gasteiger partial charge in [0.05, 0.1) is 24.0 Å². The van der Waals surface area contributed by atoms with Crippen molar-refractivity contribution in [2.75, 3.05) is 18.1 Å². The summed E-state index contributed by atoms with van der Waals surface area (Å²) < 4.78 is 47.5. The monoisotopic (exact) mass is 673 g/mol. The SMILES string of the molecule is Fc1cc(F)c(COC[C@@H]2C[C@@H](SC(c3ccccc3)(c3ccccc3)c3ccccc3)CN2c2ncc(-c3ccccc3)cn2)cc1F. The zero-order valence-electron chi connectivity index (χ0n) is 26.6. The lowest BCUT2D eigenvalue weighted by Crippen LogP contribution is -2.35. The molecule has 0 saturated carbocycles. The van der Waals surface area contributed by atoms with Crippen molar-refractivity contribution in [3.63, 3.8) is 0 Å². The van der Waals surface area contributed by atoms with Crippen LogP contribution in [0.15, 0.2) is 146 Å². The minimum atomic E-state index is -1.22. The molecule has 0 N–H and O–H groups in total. The van der Waals surface area contributed by atoms with E-state index in [1.807, 2.05) is 72.7 Å². The second kappa shape index (κ2) is 14.7.